The summed E-state index contributed by atoms with van der Waals surface area (Å²) in [5, 5.41) is 8.14. The Hall–Kier alpha value is -2.36. The summed E-state index contributed by atoms with van der Waals surface area (Å²) >= 11 is 0. The van der Waals surface area contributed by atoms with Gasteiger partial charge in [0.25, 0.3) is 0 Å². The molecule has 0 saturated carbocycles. The topological polar surface area (TPSA) is 63.3 Å². The standard InChI is InChI=1S/C21H27N7.HI/c1-17-8-11-26(15-20(17)27-13-10-23-16-27)21(22-2)24-14-18-9-12-28(25-18)19-6-4-3-5-7-19;/h3-7,9-10,12-13,16-17,20H,8,11,14-15H2,1-2H3,(H,22,24);1H. The first-order valence-corrected chi connectivity index (χ1v) is 9.77. The Morgan fingerprint density at radius 1 is 1.21 bits per heavy atom. The van der Waals surface area contributed by atoms with Crippen LogP contribution >= 0.6 is 24.0 Å². The van der Waals surface area contributed by atoms with E-state index in [1.165, 1.54) is 0 Å². The first-order valence-electron chi connectivity index (χ1n) is 9.77. The van der Waals surface area contributed by atoms with Crippen LogP contribution in [0.4, 0.5) is 0 Å². The molecule has 29 heavy (non-hydrogen) atoms. The number of imidazole rings is 1. The number of aromatic nitrogens is 4. The molecular weight excluding hydrogens is 477 g/mol. The number of nitrogens with zero attached hydrogens (tertiary/aromatic N) is 6. The molecule has 7 nitrogen and oxygen atoms in total. The van der Waals surface area contributed by atoms with Crippen LogP contribution in [0.2, 0.25) is 0 Å². The number of nitrogens with one attached hydrogen (secondary N) is 1. The molecule has 154 valence electrons. The highest BCUT2D eigenvalue weighted by molar-refractivity contribution is 14.0. The summed E-state index contributed by atoms with van der Waals surface area (Å²) in [6.45, 7) is 4.89. The largest absolute Gasteiger partial charge is 0.351 e. The Bertz CT molecular complexity index is 904. The van der Waals surface area contributed by atoms with Gasteiger partial charge in [-0.1, -0.05) is 25.1 Å². The molecule has 2 atom stereocenters. The molecule has 8 heteroatoms. The SMILES string of the molecule is CN=C(NCc1ccn(-c2ccccc2)n1)N1CCC(C)C(n2ccnc2)C1.I. The van der Waals surface area contributed by atoms with Crippen molar-refractivity contribution in [3.63, 3.8) is 0 Å². The van der Waals surface area contributed by atoms with Crippen molar-refractivity contribution in [1.29, 1.82) is 0 Å². The first-order chi connectivity index (χ1) is 13.7. The van der Waals surface area contributed by atoms with Gasteiger partial charge in [-0.2, -0.15) is 5.10 Å². The number of hydrogen-bond acceptors (Lipinski definition) is 3. The van der Waals surface area contributed by atoms with Crippen LogP contribution in [0, 0.1) is 5.92 Å². The molecule has 1 aromatic carbocycles. The second-order valence-electron chi connectivity index (χ2n) is 7.28. The molecule has 0 aliphatic carbocycles. The second kappa shape index (κ2) is 9.91. The zero-order chi connectivity index (χ0) is 19.3. The van der Waals surface area contributed by atoms with Crippen LogP contribution in [0.5, 0.6) is 0 Å². The summed E-state index contributed by atoms with van der Waals surface area (Å²) in [5.41, 5.74) is 2.05. The molecule has 1 saturated heterocycles. The van der Waals surface area contributed by atoms with Crippen molar-refractivity contribution in [1.82, 2.24) is 29.5 Å². The minimum absolute atomic E-state index is 0. The summed E-state index contributed by atoms with van der Waals surface area (Å²) in [6, 6.07) is 12.6. The van der Waals surface area contributed by atoms with Gasteiger partial charge in [-0.3, -0.25) is 4.99 Å². The van der Waals surface area contributed by atoms with Gasteiger partial charge in [-0.25, -0.2) is 9.67 Å². The van der Waals surface area contributed by atoms with Gasteiger partial charge < -0.3 is 14.8 Å². The van der Waals surface area contributed by atoms with E-state index in [9.17, 15) is 0 Å². The minimum Gasteiger partial charge on any atom is -0.351 e. The van der Waals surface area contributed by atoms with E-state index in [1.54, 1.807) is 0 Å². The average molecular weight is 505 g/mol. The van der Waals surface area contributed by atoms with Gasteiger partial charge >= 0.3 is 0 Å². The van der Waals surface area contributed by atoms with Crippen molar-refractivity contribution >= 4 is 29.9 Å². The number of benzene rings is 1. The molecule has 0 spiro atoms. The third kappa shape index (κ3) is 4.98. The Kier molecular flexibility index (Phi) is 7.29. The summed E-state index contributed by atoms with van der Waals surface area (Å²) < 4.78 is 4.11. The Morgan fingerprint density at radius 2 is 2.03 bits per heavy atom. The Morgan fingerprint density at radius 3 is 2.76 bits per heavy atom. The fourth-order valence-corrected chi connectivity index (χ4v) is 3.78. The minimum atomic E-state index is 0. The fraction of sp³-hybridized carbons (Fsp3) is 0.381. The third-order valence-electron chi connectivity index (χ3n) is 5.43. The molecular formula is C21H28IN7. The zero-order valence-electron chi connectivity index (χ0n) is 16.8. The highest BCUT2D eigenvalue weighted by Gasteiger charge is 2.28. The third-order valence-corrected chi connectivity index (χ3v) is 5.43. The van der Waals surface area contributed by atoms with E-state index in [0.29, 0.717) is 18.5 Å². The number of halogens is 1. The van der Waals surface area contributed by atoms with Crippen molar-refractivity contribution in [2.45, 2.75) is 25.9 Å². The average Bonchev–Trinajstić information content (AvgIpc) is 3.42. The molecule has 0 bridgehead atoms. The lowest BCUT2D eigenvalue weighted by Gasteiger charge is -2.39. The number of hydrogen-bond donors (Lipinski definition) is 1. The quantitative estimate of drug-likeness (QED) is 0.336. The van der Waals surface area contributed by atoms with Crippen LogP contribution in [-0.2, 0) is 6.54 Å². The van der Waals surface area contributed by atoms with Crippen molar-refractivity contribution in [3.8, 4) is 5.69 Å². The molecule has 3 heterocycles. The van der Waals surface area contributed by atoms with Gasteiger partial charge in [0.15, 0.2) is 5.96 Å². The number of piperidine rings is 1. The van der Waals surface area contributed by atoms with Crippen LogP contribution in [0.15, 0.2) is 66.3 Å². The summed E-state index contributed by atoms with van der Waals surface area (Å²) in [4.78, 5) is 11.0. The van der Waals surface area contributed by atoms with Crippen LogP contribution < -0.4 is 5.32 Å². The second-order valence-corrected chi connectivity index (χ2v) is 7.28. The highest BCUT2D eigenvalue weighted by Crippen LogP contribution is 2.27. The molecule has 4 rings (SSSR count). The molecule has 1 aliphatic heterocycles. The number of likely N-dealkylation sites (tertiary alicyclic amines) is 1. The fourth-order valence-electron chi connectivity index (χ4n) is 3.78. The molecule has 0 radical (unpaired) electrons. The van der Waals surface area contributed by atoms with Gasteiger partial charge in [-0.15, -0.1) is 24.0 Å². The monoisotopic (exact) mass is 505 g/mol. The molecule has 3 aromatic rings. The predicted octanol–water partition coefficient (Wildman–Crippen LogP) is 3.35. The van der Waals surface area contributed by atoms with E-state index in [1.807, 2.05) is 66.8 Å². The predicted molar refractivity (Wildman–Crippen MR) is 126 cm³/mol. The first kappa shape index (κ1) is 21.4. The van der Waals surface area contributed by atoms with Crippen LogP contribution in [0.25, 0.3) is 5.69 Å². The van der Waals surface area contributed by atoms with Gasteiger partial charge in [0, 0.05) is 38.7 Å². The molecule has 2 unspecified atom stereocenters. The van der Waals surface area contributed by atoms with E-state index in [4.69, 9.17) is 0 Å². The van der Waals surface area contributed by atoms with E-state index >= 15 is 0 Å². The van der Waals surface area contributed by atoms with Crippen molar-refractivity contribution in [3.05, 3.63) is 67.0 Å². The maximum atomic E-state index is 4.67. The molecule has 1 fully saturated rings. The number of aliphatic imine (C=N–C) groups is 1. The lowest BCUT2D eigenvalue weighted by atomic mass is 9.93. The van der Waals surface area contributed by atoms with Gasteiger partial charge in [0.1, 0.15) is 0 Å². The van der Waals surface area contributed by atoms with E-state index < -0.39 is 0 Å². The number of para-hydroxylation sites is 1. The Labute approximate surface area is 188 Å². The van der Waals surface area contributed by atoms with Crippen molar-refractivity contribution < 1.29 is 0 Å². The molecule has 1 N–H and O–H groups in total. The number of guanidine groups is 1. The van der Waals surface area contributed by atoms with Gasteiger partial charge in [0.05, 0.1) is 30.3 Å². The van der Waals surface area contributed by atoms with E-state index in [2.05, 4.69) is 43.0 Å². The smallest absolute Gasteiger partial charge is 0.194 e. The number of rotatable bonds is 4. The maximum absolute atomic E-state index is 4.67. The van der Waals surface area contributed by atoms with E-state index in [-0.39, 0.29) is 24.0 Å². The summed E-state index contributed by atoms with van der Waals surface area (Å²) in [7, 11) is 1.84. The highest BCUT2D eigenvalue weighted by atomic mass is 127. The van der Waals surface area contributed by atoms with Crippen LogP contribution in [0.3, 0.4) is 0 Å². The lowest BCUT2D eigenvalue weighted by molar-refractivity contribution is 0.189. The molecule has 1 aliphatic rings. The van der Waals surface area contributed by atoms with Crippen molar-refractivity contribution in [2.75, 3.05) is 20.1 Å². The normalized spacial score (nSPS) is 19.7. The Balaban J connectivity index is 0.00000240. The van der Waals surface area contributed by atoms with Crippen LogP contribution in [-0.4, -0.2) is 50.3 Å². The van der Waals surface area contributed by atoms with Crippen molar-refractivity contribution in [2.24, 2.45) is 10.9 Å². The lowest BCUT2D eigenvalue weighted by Crippen LogP contribution is -2.48. The van der Waals surface area contributed by atoms with E-state index in [0.717, 1.165) is 36.9 Å². The molecule has 2 aromatic heterocycles. The van der Waals surface area contributed by atoms with Gasteiger partial charge in [0.2, 0.25) is 0 Å². The van der Waals surface area contributed by atoms with Crippen LogP contribution in [0.1, 0.15) is 25.1 Å². The maximum Gasteiger partial charge on any atom is 0.194 e. The molecule has 0 amide bonds. The van der Waals surface area contributed by atoms with Gasteiger partial charge in [-0.05, 0) is 30.5 Å². The summed E-state index contributed by atoms with van der Waals surface area (Å²) in [5.74, 6) is 1.54. The zero-order valence-corrected chi connectivity index (χ0v) is 19.2. The summed E-state index contributed by atoms with van der Waals surface area (Å²) in [6.07, 6.45) is 8.94.